The van der Waals surface area contributed by atoms with Gasteiger partial charge >= 0.3 is 0 Å². The Bertz CT molecular complexity index is 309. The zero-order valence-corrected chi connectivity index (χ0v) is 12.5. The lowest BCUT2D eigenvalue weighted by Gasteiger charge is -2.39. The summed E-state index contributed by atoms with van der Waals surface area (Å²) in [6.45, 7) is 8.37. The van der Waals surface area contributed by atoms with Crippen LogP contribution in [-0.4, -0.2) is 47.8 Å². The summed E-state index contributed by atoms with van der Waals surface area (Å²) < 4.78 is 13.6. The van der Waals surface area contributed by atoms with Gasteiger partial charge in [0.2, 0.25) is 0 Å². The van der Waals surface area contributed by atoms with Gasteiger partial charge in [-0.2, -0.15) is 0 Å². The van der Waals surface area contributed by atoms with Crippen molar-refractivity contribution in [2.24, 2.45) is 11.8 Å². The van der Waals surface area contributed by atoms with Crippen LogP contribution in [0, 0.1) is 11.8 Å². The van der Waals surface area contributed by atoms with Gasteiger partial charge in [-0.1, -0.05) is 13.3 Å². The minimum Gasteiger partial charge on any atom is -0.286 e. The van der Waals surface area contributed by atoms with Crippen LogP contribution >= 0.6 is 0 Å². The third-order valence-electron chi connectivity index (χ3n) is 5.58. The largest absolute Gasteiger partial charge is 0.286 e. The summed E-state index contributed by atoms with van der Waals surface area (Å²) in [5.41, 5.74) is 0. The van der Waals surface area contributed by atoms with Crippen LogP contribution in [0.3, 0.4) is 0 Å². The summed E-state index contributed by atoms with van der Waals surface area (Å²) in [5, 5.41) is 0. The van der Waals surface area contributed by atoms with Gasteiger partial charge < -0.3 is 0 Å². The average Bonchev–Trinajstić information content (AvgIpc) is 2.66. The maximum absolute atomic E-state index is 13.6. The number of nitrogens with zero attached hydrogens (tertiary/aromatic N) is 2. The smallest absolute Gasteiger partial charge is 0.100 e. The van der Waals surface area contributed by atoms with E-state index in [-0.39, 0.29) is 0 Å². The second-order valence-corrected chi connectivity index (χ2v) is 7.28. The highest BCUT2D eigenvalue weighted by molar-refractivity contribution is 4.93. The fourth-order valence-corrected chi connectivity index (χ4v) is 4.45. The molecule has 0 amide bonds. The van der Waals surface area contributed by atoms with Crippen molar-refractivity contribution in [3.8, 4) is 0 Å². The Labute approximate surface area is 117 Å². The van der Waals surface area contributed by atoms with E-state index in [0.29, 0.717) is 18.1 Å². The molecule has 1 saturated carbocycles. The molecule has 2 aliphatic heterocycles. The fraction of sp³-hybridized carbons (Fsp3) is 1.00. The molecule has 5 atom stereocenters. The Morgan fingerprint density at radius 1 is 1.11 bits per heavy atom. The van der Waals surface area contributed by atoms with E-state index in [0.717, 1.165) is 31.7 Å². The molecule has 3 heteroatoms. The van der Waals surface area contributed by atoms with Gasteiger partial charge in [0.25, 0.3) is 0 Å². The van der Waals surface area contributed by atoms with Crippen LogP contribution in [0.5, 0.6) is 0 Å². The molecule has 3 fully saturated rings. The van der Waals surface area contributed by atoms with Crippen LogP contribution in [0.4, 0.5) is 4.39 Å². The molecule has 3 rings (SSSR count). The van der Waals surface area contributed by atoms with Crippen LogP contribution in [0.2, 0.25) is 0 Å². The Morgan fingerprint density at radius 2 is 1.95 bits per heavy atom. The molecule has 5 unspecified atom stereocenters. The predicted molar refractivity (Wildman–Crippen MR) is 76.8 cm³/mol. The van der Waals surface area contributed by atoms with Crippen LogP contribution < -0.4 is 0 Å². The quantitative estimate of drug-likeness (QED) is 0.758. The lowest BCUT2D eigenvalue weighted by Crippen LogP contribution is -2.47. The number of piperidine rings is 1. The molecule has 1 aliphatic carbocycles. The zero-order valence-electron chi connectivity index (χ0n) is 12.5. The molecular weight excluding hydrogens is 239 g/mol. The summed E-state index contributed by atoms with van der Waals surface area (Å²) in [6, 6.07) is 0.662. The highest BCUT2D eigenvalue weighted by atomic mass is 19.1. The molecule has 2 saturated heterocycles. The molecule has 0 aromatic heterocycles. The summed E-state index contributed by atoms with van der Waals surface area (Å²) in [5.74, 6) is 1.46. The molecule has 0 aromatic carbocycles. The highest BCUT2D eigenvalue weighted by Gasteiger charge is 2.41. The standard InChI is InChI=1S/C16H29FN2/c1-12-6-7-18-10-13(2)19(16(18)8-12)11-14-4-3-5-15(17)9-14/h12-16H,3-11H2,1-2H3. The Balaban J connectivity index is 1.62. The molecule has 0 N–H and O–H groups in total. The van der Waals surface area contributed by atoms with Crippen molar-refractivity contribution in [2.75, 3.05) is 19.6 Å². The van der Waals surface area contributed by atoms with Crippen molar-refractivity contribution in [3.05, 3.63) is 0 Å². The second-order valence-electron chi connectivity index (χ2n) is 7.28. The number of halogens is 1. The molecule has 0 radical (unpaired) electrons. The number of hydrogen-bond donors (Lipinski definition) is 0. The SMILES string of the molecule is CC1CCN2CC(C)N(CC3CCCC(F)C3)C2C1. The van der Waals surface area contributed by atoms with E-state index in [2.05, 4.69) is 23.6 Å². The molecule has 110 valence electrons. The summed E-state index contributed by atoms with van der Waals surface area (Å²) in [6.07, 6.45) is 6.75. The minimum absolute atomic E-state index is 0.530. The first-order valence-electron chi connectivity index (χ1n) is 8.27. The van der Waals surface area contributed by atoms with Gasteiger partial charge in [-0.15, -0.1) is 0 Å². The van der Waals surface area contributed by atoms with Crippen LogP contribution in [0.1, 0.15) is 52.4 Å². The Hall–Kier alpha value is -0.150. The maximum Gasteiger partial charge on any atom is 0.100 e. The van der Waals surface area contributed by atoms with E-state index < -0.39 is 6.17 Å². The third kappa shape index (κ3) is 2.97. The van der Waals surface area contributed by atoms with Crippen molar-refractivity contribution in [1.82, 2.24) is 9.80 Å². The number of hydrogen-bond acceptors (Lipinski definition) is 2. The van der Waals surface area contributed by atoms with Crippen molar-refractivity contribution in [2.45, 2.75) is 70.8 Å². The number of rotatable bonds is 2. The lowest BCUT2D eigenvalue weighted by atomic mass is 9.87. The van der Waals surface area contributed by atoms with E-state index in [1.807, 2.05) is 0 Å². The van der Waals surface area contributed by atoms with Crippen molar-refractivity contribution >= 4 is 0 Å². The molecule has 2 nitrogen and oxygen atoms in total. The van der Waals surface area contributed by atoms with Crippen LogP contribution in [-0.2, 0) is 0 Å². The molecule has 3 aliphatic rings. The highest BCUT2D eigenvalue weighted by Crippen LogP contribution is 2.34. The van der Waals surface area contributed by atoms with Gasteiger partial charge in [-0.3, -0.25) is 9.80 Å². The van der Waals surface area contributed by atoms with E-state index in [1.54, 1.807) is 0 Å². The average molecular weight is 268 g/mol. The first-order chi connectivity index (χ1) is 9.13. The van der Waals surface area contributed by atoms with Crippen LogP contribution in [0.15, 0.2) is 0 Å². The van der Waals surface area contributed by atoms with Gasteiger partial charge in [-0.05, 0) is 57.4 Å². The molecular formula is C16H29FN2. The second kappa shape index (κ2) is 5.69. The molecule has 2 heterocycles. The lowest BCUT2D eigenvalue weighted by molar-refractivity contribution is 0.0451. The number of alkyl halides is 1. The Morgan fingerprint density at radius 3 is 2.74 bits per heavy atom. The predicted octanol–water partition coefficient (Wildman–Crippen LogP) is 3.28. The van der Waals surface area contributed by atoms with Gasteiger partial charge in [0.1, 0.15) is 6.17 Å². The summed E-state index contributed by atoms with van der Waals surface area (Å²) in [4.78, 5) is 5.36. The third-order valence-corrected chi connectivity index (χ3v) is 5.58. The van der Waals surface area contributed by atoms with E-state index >= 15 is 0 Å². The fourth-order valence-electron chi connectivity index (χ4n) is 4.45. The first kappa shape index (κ1) is 13.8. The van der Waals surface area contributed by atoms with Crippen LogP contribution in [0.25, 0.3) is 0 Å². The van der Waals surface area contributed by atoms with E-state index in [1.165, 1.54) is 32.4 Å². The maximum atomic E-state index is 13.6. The topological polar surface area (TPSA) is 6.48 Å². The molecule has 19 heavy (non-hydrogen) atoms. The molecule has 0 aromatic rings. The summed E-state index contributed by atoms with van der Waals surface area (Å²) in [7, 11) is 0. The van der Waals surface area contributed by atoms with E-state index in [9.17, 15) is 4.39 Å². The normalized spacial score (nSPS) is 45.3. The number of fused-ring (bicyclic) bond motifs is 1. The van der Waals surface area contributed by atoms with Gasteiger partial charge in [0.05, 0.1) is 6.17 Å². The first-order valence-corrected chi connectivity index (χ1v) is 8.27. The molecule has 0 spiro atoms. The van der Waals surface area contributed by atoms with Gasteiger partial charge in [0, 0.05) is 19.1 Å². The molecule has 0 bridgehead atoms. The van der Waals surface area contributed by atoms with Crippen molar-refractivity contribution in [1.29, 1.82) is 0 Å². The Kier molecular flexibility index (Phi) is 4.14. The van der Waals surface area contributed by atoms with E-state index in [4.69, 9.17) is 0 Å². The van der Waals surface area contributed by atoms with Crippen molar-refractivity contribution in [3.63, 3.8) is 0 Å². The van der Waals surface area contributed by atoms with Gasteiger partial charge in [0.15, 0.2) is 0 Å². The summed E-state index contributed by atoms with van der Waals surface area (Å²) >= 11 is 0. The van der Waals surface area contributed by atoms with Crippen molar-refractivity contribution < 1.29 is 4.39 Å². The minimum atomic E-state index is -0.530. The monoisotopic (exact) mass is 268 g/mol. The zero-order chi connectivity index (χ0) is 13.4. The van der Waals surface area contributed by atoms with Gasteiger partial charge in [-0.25, -0.2) is 4.39 Å².